The van der Waals surface area contributed by atoms with Crippen molar-refractivity contribution in [1.29, 1.82) is 0 Å². The molecule has 1 fully saturated rings. The second-order valence-electron chi connectivity index (χ2n) is 4.20. The van der Waals surface area contributed by atoms with E-state index >= 15 is 0 Å². The molecule has 0 spiro atoms. The third-order valence-electron chi connectivity index (χ3n) is 2.59. The van der Waals surface area contributed by atoms with E-state index in [-0.39, 0.29) is 5.91 Å². The minimum atomic E-state index is 0.249. The van der Waals surface area contributed by atoms with Gasteiger partial charge in [0.05, 0.1) is 0 Å². The highest BCUT2D eigenvalue weighted by molar-refractivity contribution is 5.78. The number of carbonyl (C=O) groups is 1. The fraction of sp³-hybridized carbons (Fsp3) is 0.727. The number of carbonyl (C=O) groups excluding carboxylic acids is 1. The first-order valence-electron chi connectivity index (χ1n) is 5.01. The Hall–Kier alpha value is -0.790. The van der Waals surface area contributed by atoms with E-state index in [4.69, 9.17) is 0 Å². The highest BCUT2D eigenvalue weighted by Gasteiger charge is 2.19. The molecular formula is C11H19NO. The van der Waals surface area contributed by atoms with Crippen LogP contribution in [0.5, 0.6) is 0 Å². The quantitative estimate of drug-likeness (QED) is 0.598. The number of piperidine rings is 1. The van der Waals surface area contributed by atoms with Crippen molar-refractivity contribution in [2.75, 3.05) is 13.1 Å². The van der Waals surface area contributed by atoms with Crippen molar-refractivity contribution >= 4 is 5.91 Å². The molecule has 1 aliphatic heterocycles. The Morgan fingerprint density at radius 1 is 1.46 bits per heavy atom. The van der Waals surface area contributed by atoms with Crippen LogP contribution in [0, 0.1) is 5.92 Å². The maximum absolute atomic E-state index is 11.6. The highest BCUT2D eigenvalue weighted by atomic mass is 16.2. The minimum Gasteiger partial charge on any atom is -0.342 e. The molecule has 1 saturated heterocycles. The number of hydrogen-bond donors (Lipinski definition) is 0. The second kappa shape index (κ2) is 4.45. The molecule has 0 aromatic carbocycles. The molecule has 0 atom stereocenters. The standard InChI is InChI=1S/C11H19NO/c1-9(2)8-11(13)12-6-4-10(3)5-7-12/h10H,1,4-8H2,2-3H3. The van der Waals surface area contributed by atoms with Crippen molar-refractivity contribution in [2.45, 2.75) is 33.1 Å². The second-order valence-corrected chi connectivity index (χ2v) is 4.20. The van der Waals surface area contributed by atoms with Crippen molar-refractivity contribution in [1.82, 2.24) is 4.90 Å². The Bertz CT molecular complexity index is 202. The first kappa shape index (κ1) is 10.3. The number of rotatable bonds is 2. The Kier molecular flexibility index (Phi) is 3.52. The van der Waals surface area contributed by atoms with Crippen LogP contribution in [0.2, 0.25) is 0 Å². The molecule has 0 aromatic heterocycles. The fourth-order valence-corrected chi connectivity index (χ4v) is 1.63. The van der Waals surface area contributed by atoms with Gasteiger partial charge in [0.15, 0.2) is 0 Å². The predicted molar refractivity (Wildman–Crippen MR) is 54.4 cm³/mol. The predicted octanol–water partition coefficient (Wildman–Crippen LogP) is 2.21. The lowest BCUT2D eigenvalue weighted by atomic mass is 9.99. The largest absolute Gasteiger partial charge is 0.342 e. The van der Waals surface area contributed by atoms with E-state index in [1.165, 1.54) is 0 Å². The molecule has 0 aromatic rings. The van der Waals surface area contributed by atoms with Crippen LogP contribution >= 0.6 is 0 Å². The summed E-state index contributed by atoms with van der Waals surface area (Å²) in [6, 6.07) is 0. The van der Waals surface area contributed by atoms with Crippen molar-refractivity contribution in [2.24, 2.45) is 5.92 Å². The highest BCUT2D eigenvalue weighted by Crippen LogP contribution is 2.17. The van der Waals surface area contributed by atoms with Gasteiger partial charge in [-0.2, -0.15) is 0 Å². The Labute approximate surface area is 80.6 Å². The summed E-state index contributed by atoms with van der Waals surface area (Å²) in [4.78, 5) is 13.5. The van der Waals surface area contributed by atoms with Gasteiger partial charge >= 0.3 is 0 Å². The molecule has 1 heterocycles. The van der Waals surface area contributed by atoms with Crippen molar-refractivity contribution in [3.05, 3.63) is 12.2 Å². The fourth-order valence-electron chi connectivity index (χ4n) is 1.63. The van der Waals surface area contributed by atoms with Gasteiger partial charge in [0.25, 0.3) is 0 Å². The summed E-state index contributed by atoms with van der Waals surface area (Å²) in [5.41, 5.74) is 0.962. The molecule has 0 bridgehead atoms. The first-order chi connectivity index (χ1) is 6.09. The molecule has 1 amide bonds. The molecule has 0 unspecified atom stereocenters. The summed E-state index contributed by atoms with van der Waals surface area (Å²) >= 11 is 0. The molecule has 1 rings (SSSR count). The number of likely N-dealkylation sites (tertiary alicyclic amines) is 1. The van der Waals surface area contributed by atoms with Gasteiger partial charge in [0.2, 0.25) is 5.91 Å². The van der Waals surface area contributed by atoms with Crippen LogP contribution in [0.3, 0.4) is 0 Å². The Morgan fingerprint density at radius 2 is 2.00 bits per heavy atom. The van der Waals surface area contributed by atoms with Crippen LogP contribution in [-0.2, 0) is 4.79 Å². The van der Waals surface area contributed by atoms with Crippen molar-refractivity contribution < 1.29 is 4.79 Å². The van der Waals surface area contributed by atoms with Crippen molar-refractivity contribution in [3.8, 4) is 0 Å². The maximum Gasteiger partial charge on any atom is 0.226 e. The van der Waals surface area contributed by atoms with E-state index in [2.05, 4.69) is 13.5 Å². The third-order valence-corrected chi connectivity index (χ3v) is 2.59. The lowest BCUT2D eigenvalue weighted by Crippen LogP contribution is -2.37. The zero-order valence-electron chi connectivity index (χ0n) is 8.68. The van der Waals surface area contributed by atoms with Crippen LogP contribution < -0.4 is 0 Å². The smallest absolute Gasteiger partial charge is 0.226 e. The molecule has 2 heteroatoms. The summed E-state index contributed by atoms with van der Waals surface area (Å²) in [5, 5.41) is 0. The van der Waals surface area contributed by atoms with Gasteiger partial charge in [0.1, 0.15) is 0 Å². The average Bonchev–Trinajstić information content (AvgIpc) is 2.04. The van der Waals surface area contributed by atoms with Gasteiger partial charge in [0, 0.05) is 19.5 Å². The van der Waals surface area contributed by atoms with Crippen LogP contribution in [0.15, 0.2) is 12.2 Å². The normalized spacial score (nSPS) is 18.8. The molecule has 0 radical (unpaired) electrons. The zero-order valence-corrected chi connectivity index (χ0v) is 8.68. The van der Waals surface area contributed by atoms with Crippen LogP contribution in [0.4, 0.5) is 0 Å². The number of amides is 1. The summed E-state index contributed by atoms with van der Waals surface area (Å²) in [5.74, 6) is 1.04. The van der Waals surface area contributed by atoms with E-state index in [1.807, 2.05) is 11.8 Å². The Morgan fingerprint density at radius 3 is 2.46 bits per heavy atom. The van der Waals surface area contributed by atoms with E-state index in [0.717, 1.165) is 37.4 Å². The molecule has 2 nitrogen and oxygen atoms in total. The lowest BCUT2D eigenvalue weighted by molar-refractivity contribution is -0.131. The van der Waals surface area contributed by atoms with Crippen LogP contribution in [0.1, 0.15) is 33.1 Å². The molecular weight excluding hydrogens is 162 g/mol. The lowest BCUT2D eigenvalue weighted by Gasteiger charge is -2.30. The minimum absolute atomic E-state index is 0.249. The van der Waals surface area contributed by atoms with Crippen LogP contribution in [-0.4, -0.2) is 23.9 Å². The van der Waals surface area contributed by atoms with Crippen molar-refractivity contribution in [3.63, 3.8) is 0 Å². The molecule has 1 aliphatic rings. The van der Waals surface area contributed by atoms with E-state index in [1.54, 1.807) is 0 Å². The molecule has 0 aliphatic carbocycles. The summed E-state index contributed by atoms with van der Waals surface area (Å²) < 4.78 is 0. The first-order valence-corrected chi connectivity index (χ1v) is 5.01. The van der Waals surface area contributed by atoms with Gasteiger partial charge in [-0.15, -0.1) is 0 Å². The van der Waals surface area contributed by atoms with Gasteiger partial charge in [-0.1, -0.05) is 19.1 Å². The van der Waals surface area contributed by atoms with Crippen LogP contribution in [0.25, 0.3) is 0 Å². The molecule has 74 valence electrons. The zero-order chi connectivity index (χ0) is 9.84. The van der Waals surface area contributed by atoms with E-state index in [0.29, 0.717) is 6.42 Å². The summed E-state index contributed by atoms with van der Waals surface area (Å²) in [6.07, 6.45) is 2.83. The van der Waals surface area contributed by atoms with E-state index < -0.39 is 0 Å². The molecule has 13 heavy (non-hydrogen) atoms. The maximum atomic E-state index is 11.6. The van der Waals surface area contributed by atoms with Gasteiger partial charge in [-0.3, -0.25) is 4.79 Å². The van der Waals surface area contributed by atoms with E-state index in [9.17, 15) is 4.79 Å². The molecule has 0 N–H and O–H groups in total. The monoisotopic (exact) mass is 181 g/mol. The SMILES string of the molecule is C=C(C)CC(=O)N1CCC(C)CC1. The van der Waals surface area contributed by atoms with Gasteiger partial charge < -0.3 is 4.90 Å². The Balaban J connectivity index is 2.36. The third kappa shape index (κ3) is 3.21. The number of hydrogen-bond acceptors (Lipinski definition) is 1. The van der Waals surface area contributed by atoms with Gasteiger partial charge in [-0.05, 0) is 25.7 Å². The molecule has 0 saturated carbocycles. The topological polar surface area (TPSA) is 20.3 Å². The summed E-state index contributed by atoms with van der Waals surface area (Å²) in [6.45, 7) is 9.79. The average molecular weight is 181 g/mol. The summed E-state index contributed by atoms with van der Waals surface area (Å²) in [7, 11) is 0. The van der Waals surface area contributed by atoms with Gasteiger partial charge in [-0.25, -0.2) is 0 Å². The number of nitrogens with zero attached hydrogens (tertiary/aromatic N) is 1.